The van der Waals surface area contributed by atoms with Crippen molar-refractivity contribution in [3.63, 3.8) is 0 Å². The van der Waals surface area contributed by atoms with Crippen molar-refractivity contribution >= 4 is 23.3 Å². The minimum Gasteiger partial charge on any atom is -0.365 e. The van der Waals surface area contributed by atoms with Gasteiger partial charge >= 0.3 is 0 Å². The first-order valence-corrected chi connectivity index (χ1v) is 6.64. The summed E-state index contributed by atoms with van der Waals surface area (Å²) in [6.45, 7) is 0.456. The number of amides is 1. The molecule has 21 heavy (non-hydrogen) atoms. The zero-order valence-electron chi connectivity index (χ0n) is 11.4. The smallest absolute Gasteiger partial charge is 0.252 e. The van der Waals surface area contributed by atoms with Crippen LogP contribution < -0.4 is 10.6 Å². The minimum atomic E-state index is -0.639. The summed E-state index contributed by atoms with van der Waals surface area (Å²) in [5.41, 5.74) is 6.08. The third-order valence-electron chi connectivity index (χ3n) is 3.05. The molecule has 0 saturated heterocycles. The lowest BCUT2D eigenvalue weighted by Crippen LogP contribution is -2.26. The number of benzene rings is 1. The molecule has 2 rings (SSSR count). The summed E-state index contributed by atoms with van der Waals surface area (Å²) < 4.78 is 13.6. The van der Waals surface area contributed by atoms with Gasteiger partial charge in [-0.15, -0.1) is 10.2 Å². The van der Waals surface area contributed by atoms with E-state index in [1.54, 1.807) is 30.1 Å². The lowest BCUT2D eigenvalue weighted by molar-refractivity contribution is 0.100. The third kappa shape index (κ3) is 3.66. The fraction of sp³-hybridized carbons (Fsp3) is 0.214. The molecule has 2 aromatic rings. The fourth-order valence-electron chi connectivity index (χ4n) is 1.92. The van der Waals surface area contributed by atoms with E-state index in [-0.39, 0.29) is 16.5 Å². The molecule has 110 valence electrons. The Morgan fingerprint density at radius 2 is 2.10 bits per heavy atom. The summed E-state index contributed by atoms with van der Waals surface area (Å²) in [5, 5.41) is 7.68. The summed E-state index contributed by atoms with van der Waals surface area (Å²) in [6.07, 6.45) is 0.464. The molecule has 7 heteroatoms. The lowest BCUT2D eigenvalue weighted by Gasteiger charge is -2.19. The average Bonchev–Trinajstić information content (AvgIpc) is 2.46. The van der Waals surface area contributed by atoms with Crippen LogP contribution in [0.1, 0.15) is 15.9 Å². The number of nitrogens with two attached hydrogens (primary N) is 1. The van der Waals surface area contributed by atoms with Crippen molar-refractivity contribution < 1.29 is 9.18 Å². The van der Waals surface area contributed by atoms with Gasteiger partial charge in [-0.2, -0.15) is 0 Å². The maximum atomic E-state index is 13.6. The molecule has 5 nitrogen and oxygen atoms in total. The normalized spacial score (nSPS) is 10.4. The van der Waals surface area contributed by atoms with E-state index in [0.29, 0.717) is 24.3 Å². The largest absolute Gasteiger partial charge is 0.365 e. The number of hydrogen-bond donors (Lipinski definition) is 1. The molecule has 1 aromatic heterocycles. The Morgan fingerprint density at radius 1 is 1.38 bits per heavy atom. The maximum absolute atomic E-state index is 13.6. The van der Waals surface area contributed by atoms with Gasteiger partial charge in [0.05, 0.1) is 5.56 Å². The summed E-state index contributed by atoms with van der Waals surface area (Å²) in [5.74, 6) is -0.578. The van der Waals surface area contributed by atoms with Gasteiger partial charge in [0, 0.05) is 13.6 Å². The molecule has 0 fully saturated rings. The van der Waals surface area contributed by atoms with Crippen molar-refractivity contribution in [1.29, 1.82) is 0 Å². The Hall–Kier alpha value is -2.21. The third-order valence-corrected chi connectivity index (χ3v) is 3.23. The number of aromatic nitrogens is 2. The van der Waals surface area contributed by atoms with Gasteiger partial charge in [0.2, 0.25) is 0 Å². The molecule has 0 aliphatic carbocycles. The SMILES string of the molecule is CN(CCc1ccccc1F)c1nnc(Cl)cc1C(N)=O. The van der Waals surface area contributed by atoms with Crippen LogP contribution >= 0.6 is 11.6 Å². The topological polar surface area (TPSA) is 72.1 Å². The summed E-state index contributed by atoms with van der Waals surface area (Å²) in [7, 11) is 1.73. The van der Waals surface area contributed by atoms with Crippen molar-refractivity contribution in [3.8, 4) is 0 Å². The molecule has 1 amide bonds. The van der Waals surface area contributed by atoms with E-state index in [9.17, 15) is 9.18 Å². The molecule has 1 heterocycles. The van der Waals surface area contributed by atoms with Crippen LogP contribution in [0, 0.1) is 5.82 Å². The summed E-state index contributed by atoms with van der Waals surface area (Å²) in [4.78, 5) is 13.1. The molecule has 0 bridgehead atoms. The van der Waals surface area contributed by atoms with Crippen LogP contribution in [0.2, 0.25) is 5.15 Å². The molecular weight excluding hydrogens is 295 g/mol. The number of primary amides is 1. The number of rotatable bonds is 5. The number of likely N-dealkylation sites (N-methyl/N-ethyl adjacent to an activating group) is 1. The Kier molecular flexibility index (Phi) is 4.70. The summed E-state index contributed by atoms with van der Waals surface area (Å²) in [6, 6.07) is 7.90. The highest BCUT2D eigenvalue weighted by atomic mass is 35.5. The van der Waals surface area contributed by atoms with Crippen molar-refractivity contribution in [2.45, 2.75) is 6.42 Å². The molecule has 0 unspecified atom stereocenters. The number of nitrogens with zero attached hydrogens (tertiary/aromatic N) is 3. The van der Waals surface area contributed by atoms with Gasteiger partial charge in [0.1, 0.15) is 5.82 Å². The average molecular weight is 309 g/mol. The molecular formula is C14H14ClFN4O. The summed E-state index contributed by atoms with van der Waals surface area (Å²) >= 11 is 5.71. The second-order valence-corrected chi connectivity index (χ2v) is 4.92. The number of carbonyl (C=O) groups excluding carboxylic acids is 1. The zero-order valence-corrected chi connectivity index (χ0v) is 12.1. The van der Waals surface area contributed by atoms with Crippen LogP contribution in [0.15, 0.2) is 30.3 Å². The number of halogens is 2. The van der Waals surface area contributed by atoms with Gasteiger partial charge in [-0.25, -0.2) is 4.39 Å². The van der Waals surface area contributed by atoms with Crippen LogP contribution in [-0.4, -0.2) is 29.7 Å². The molecule has 0 saturated carbocycles. The minimum absolute atomic E-state index is 0.0926. The second kappa shape index (κ2) is 6.49. The van der Waals surface area contributed by atoms with E-state index in [1.165, 1.54) is 12.1 Å². The van der Waals surface area contributed by atoms with Crippen molar-refractivity contribution in [3.05, 3.63) is 52.4 Å². The van der Waals surface area contributed by atoms with Crippen molar-refractivity contribution in [2.75, 3.05) is 18.5 Å². The van der Waals surface area contributed by atoms with Gasteiger partial charge in [0.25, 0.3) is 5.91 Å². The Bertz CT molecular complexity index is 665. The van der Waals surface area contributed by atoms with Crippen LogP contribution in [0.25, 0.3) is 0 Å². The quantitative estimate of drug-likeness (QED) is 0.917. The van der Waals surface area contributed by atoms with E-state index in [4.69, 9.17) is 17.3 Å². The highest BCUT2D eigenvalue weighted by molar-refractivity contribution is 6.29. The number of hydrogen-bond acceptors (Lipinski definition) is 4. The maximum Gasteiger partial charge on any atom is 0.252 e. The highest BCUT2D eigenvalue weighted by Crippen LogP contribution is 2.18. The number of anilines is 1. The van der Waals surface area contributed by atoms with Crippen molar-refractivity contribution in [1.82, 2.24) is 10.2 Å². The van der Waals surface area contributed by atoms with Crippen LogP contribution in [-0.2, 0) is 6.42 Å². The number of carbonyl (C=O) groups is 1. The Morgan fingerprint density at radius 3 is 2.76 bits per heavy atom. The molecule has 0 aliphatic heterocycles. The van der Waals surface area contributed by atoms with E-state index in [1.807, 2.05) is 0 Å². The van der Waals surface area contributed by atoms with Gasteiger partial charge < -0.3 is 10.6 Å². The first-order valence-electron chi connectivity index (χ1n) is 6.26. The van der Waals surface area contributed by atoms with Gasteiger partial charge in [-0.3, -0.25) is 4.79 Å². The van der Waals surface area contributed by atoms with E-state index in [0.717, 1.165) is 0 Å². The monoisotopic (exact) mass is 308 g/mol. The Labute approximate surface area is 126 Å². The zero-order chi connectivity index (χ0) is 15.4. The Balaban J connectivity index is 2.16. The van der Waals surface area contributed by atoms with Gasteiger partial charge in [-0.05, 0) is 24.1 Å². The van der Waals surface area contributed by atoms with E-state index < -0.39 is 5.91 Å². The van der Waals surface area contributed by atoms with E-state index in [2.05, 4.69) is 10.2 Å². The molecule has 0 atom stereocenters. The van der Waals surface area contributed by atoms with Crippen molar-refractivity contribution in [2.24, 2.45) is 5.73 Å². The van der Waals surface area contributed by atoms with Gasteiger partial charge in [-0.1, -0.05) is 29.8 Å². The predicted molar refractivity (Wildman–Crippen MR) is 78.9 cm³/mol. The first-order chi connectivity index (χ1) is 9.99. The van der Waals surface area contributed by atoms with Crippen LogP contribution in [0.4, 0.5) is 10.2 Å². The molecule has 0 aliphatic rings. The molecule has 0 spiro atoms. The fourth-order valence-corrected chi connectivity index (χ4v) is 2.07. The molecule has 0 radical (unpaired) electrons. The predicted octanol–water partition coefficient (Wildman–Crippen LogP) is 2.05. The first kappa shape index (κ1) is 15.2. The standard InChI is InChI=1S/C14H14ClFN4O/c1-20(7-6-9-4-2-3-5-11(9)16)14-10(13(17)21)8-12(15)18-19-14/h2-5,8H,6-7H2,1H3,(H2,17,21). The van der Waals surface area contributed by atoms with Crippen LogP contribution in [0.3, 0.4) is 0 Å². The van der Waals surface area contributed by atoms with E-state index >= 15 is 0 Å². The lowest BCUT2D eigenvalue weighted by atomic mass is 10.1. The van der Waals surface area contributed by atoms with Crippen LogP contribution in [0.5, 0.6) is 0 Å². The second-order valence-electron chi connectivity index (χ2n) is 4.53. The highest BCUT2D eigenvalue weighted by Gasteiger charge is 2.15. The molecule has 2 N–H and O–H groups in total. The van der Waals surface area contributed by atoms with Gasteiger partial charge in [0.15, 0.2) is 11.0 Å². The molecule has 1 aromatic carbocycles.